The maximum absolute atomic E-state index is 11.3. The number of hydrogen-bond acceptors (Lipinski definition) is 4. The van der Waals surface area contributed by atoms with E-state index in [1.807, 2.05) is 18.2 Å². The molecule has 0 saturated carbocycles. The lowest BCUT2D eigenvalue weighted by Crippen LogP contribution is -2.42. The number of carbonyl (C=O) groups is 1. The van der Waals surface area contributed by atoms with Crippen molar-refractivity contribution < 1.29 is 14.3 Å². The lowest BCUT2D eigenvalue weighted by molar-refractivity contribution is -0.130. The van der Waals surface area contributed by atoms with Gasteiger partial charge in [0.25, 0.3) is 0 Å². The fourth-order valence-electron chi connectivity index (χ4n) is 1.67. The summed E-state index contributed by atoms with van der Waals surface area (Å²) in [6, 6.07) is 0. The molecular formula is C16H22N2O3. The zero-order chi connectivity index (χ0) is 15.9. The van der Waals surface area contributed by atoms with Gasteiger partial charge in [-0.25, -0.2) is 4.98 Å². The van der Waals surface area contributed by atoms with Gasteiger partial charge in [-0.05, 0) is 26.3 Å². The molecule has 0 radical (unpaired) electrons. The molecule has 1 rings (SSSR count). The van der Waals surface area contributed by atoms with E-state index in [1.165, 1.54) is 6.39 Å². The Hall–Kier alpha value is -2.14. The standard InChI is InChI=1S/C16H22N2O3/c1-12(14(19)16(2,3)15(17)20)8-6-4-5-7-9-13-10-18-11-21-13/h4-8,10-11,14,19H,9H2,1-3H3,(H2,17,20)/b6-4+,7-5+,12-8+/t14-/m1/s1. The van der Waals surface area contributed by atoms with Crippen LogP contribution in [0.2, 0.25) is 0 Å². The molecule has 114 valence electrons. The average molecular weight is 290 g/mol. The van der Waals surface area contributed by atoms with Gasteiger partial charge < -0.3 is 15.3 Å². The van der Waals surface area contributed by atoms with Gasteiger partial charge in [-0.2, -0.15) is 0 Å². The summed E-state index contributed by atoms with van der Waals surface area (Å²) in [4.78, 5) is 15.1. The van der Waals surface area contributed by atoms with Gasteiger partial charge in [-0.1, -0.05) is 30.4 Å². The van der Waals surface area contributed by atoms with Crippen LogP contribution in [0.5, 0.6) is 0 Å². The highest BCUT2D eigenvalue weighted by molar-refractivity contribution is 5.81. The first-order chi connectivity index (χ1) is 9.85. The number of primary amides is 1. The van der Waals surface area contributed by atoms with Crippen molar-refractivity contribution in [1.82, 2.24) is 4.98 Å². The highest BCUT2D eigenvalue weighted by Gasteiger charge is 2.34. The number of aromatic nitrogens is 1. The second-order valence-electron chi connectivity index (χ2n) is 5.38. The Balaban J connectivity index is 2.53. The lowest BCUT2D eigenvalue weighted by Gasteiger charge is -2.27. The molecule has 1 atom stereocenters. The number of oxazole rings is 1. The van der Waals surface area contributed by atoms with Gasteiger partial charge in [-0.3, -0.25) is 4.79 Å². The molecule has 5 nitrogen and oxygen atoms in total. The second kappa shape index (κ2) is 7.59. The van der Waals surface area contributed by atoms with Crippen LogP contribution in [0.1, 0.15) is 26.5 Å². The zero-order valence-electron chi connectivity index (χ0n) is 12.6. The van der Waals surface area contributed by atoms with Crippen LogP contribution < -0.4 is 5.73 Å². The first kappa shape index (κ1) is 16.9. The number of rotatable bonds is 7. The van der Waals surface area contributed by atoms with E-state index in [0.717, 1.165) is 5.76 Å². The normalized spacial score (nSPS) is 15.0. The summed E-state index contributed by atoms with van der Waals surface area (Å²) < 4.78 is 5.09. The first-order valence-corrected chi connectivity index (χ1v) is 6.71. The van der Waals surface area contributed by atoms with Crippen LogP contribution in [0, 0.1) is 5.41 Å². The van der Waals surface area contributed by atoms with E-state index in [4.69, 9.17) is 10.2 Å². The van der Waals surface area contributed by atoms with Gasteiger partial charge >= 0.3 is 0 Å². The second-order valence-corrected chi connectivity index (χ2v) is 5.38. The van der Waals surface area contributed by atoms with E-state index in [9.17, 15) is 9.90 Å². The Kier molecular flexibility index (Phi) is 6.11. The Morgan fingerprint density at radius 2 is 2.19 bits per heavy atom. The average Bonchev–Trinajstić information content (AvgIpc) is 2.94. The molecule has 0 aliphatic heterocycles. The van der Waals surface area contributed by atoms with Crippen LogP contribution in [0.4, 0.5) is 0 Å². The molecule has 1 aromatic heterocycles. The smallest absolute Gasteiger partial charge is 0.226 e. The van der Waals surface area contributed by atoms with Crippen molar-refractivity contribution in [2.24, 2.45) is 11.1 Å². The van der Waals surface area contributed by atoms with Gasteiger partial charge in [-0.15, -0.1) is 0 Å². The molecule has 0 spiro atoms. The Morgan fingerprint density at radius 3 is 2.76 bits per heavy atom. The molecule has 0 aliphatic carbocycles. The molecule has 0 bridgehead atoms. The van der Waals surface area contributed by atoms with E-state index < -0.39 is 17.4 Å². The molecule has 5 heteroatoms. The monoisotopic (exact) mass is 290 g/mol. The molecule has 0 fully saturated rings. The third kappa shape index (κ3) is 5.04. The molecule has 0 aromatic carbocycles. The number of nitrogens with two attached hydrogens (primary N) is 1. The predicted molar refractivity (Wildman–Crippen MR) is 81.2 cm³/mol. The maximum Gasteiger partial charge on any atom is 0.226 e. The summed E-state index contributed by atoms with van der Waals surface area (Å²) in [7, 11) is 0. The van der Waals surface area contributed by atoms with Crippen molar-refractivity contribution in [2.45, 2.75) is 33.3 Å². The van der Waals surface area contributed by atoms with E-state index in [1.54, 1.807) is 39.1 Å². The number of hydrogen-bond donors (Lipinski definition) is 2. The molecule has 0 unspecified atom stereocenters. The Morgan fingerprint density at radius 1 is 1.48 bits per heavy atom. The third-order valence-electron chi connectivity index (χ3n) is 3.27. The highest BCUT2D eigenvalue weighted by Crippen LogP contribution is 2.25. The number of nitrogens with zero attached hydrogens (tertiary/aromatic N) is 1. The van der Waals surface area contributed by atoms with Gasteiger partial charge in [0.2, 0.25) is 5.91 Å². The topological polar surface area (TPSA) is 89.3 Å². The minimum absolute atomic E-state index is 0.529. The lowest BCUT2D eigenvalue weighted by atomic mass is 9.82. The molecule has 1 aromatic rings. The quantitative estimate of drug-likeness (QED) is 0.753. The van der Waals surface area contributed by atoms with E-state index in [2.05, 4.69) is 4.98 Å². The number of amides is 1. The first-order valence-electron chi connectivity index (χ1n) is 6.71. The summed E-state index contributed by atoms with van der Waals surface area (Å²) in [5, 5.41) is 10.1. The van der Waals surface area contributed by atoms with Crippen molar-refractivity contribution in [3.63, 3.8) is 0 Å². The van der Waals surface area contributed by atoms with E-state index in [0.29, 0.717) is 12.0 Å². The minimum atomic E-state index is -0.990. The van der Waals surface area contributed by atoms with Crippen LogP contribution in [-0.4, -0.2) is 22.1 Å². The summed E-state index contributed by atoms with van der Waals surface area (Å²) >= 11 is 0. The van der Waals surface area contributed by atoms with Crippen LogP contribution in [-0.2, 0) is 11.2 Å². The van der Waals surface area contributed by atoms with Crippen molar-refractivity contribution in [1.29, 1.82) is 0 Å². The third-order valence-corrected chi connectivity index (χ3v) is 3.27. The summed E-state index contributed by atoms with van der Waals surface area (Å²) in [5.41, 5.74) is 4.97. The molecular weight excluding hydrogens is 268 g/mol. The molecule has 0 saturated heterocycles. The summed E-state index contributed by atoms with van der Waals surface area (Å²) in [6.07, 6.45) is 12.0. The van der Waals surface area contributed by atoms with Crippen molar-refractivity contribution >= 4 is 5.91 Å². The molecule has 0 aliphatic rings. The molecule has 21 heavy (non-hydrogen) atoms. The van der Waals surface area contributed by atoms with Crippen molar-refractivity contribution in [3.8, 4) is 0 Å². The van der Waals surface area contributed by atoms with Crippen LogP contribution >= 0.6 is 0 Å². The maximum atomic E-state index is 11.3. The highest BCUT2D eigenvalue weighted by atomic mass is 16.3. The number of carbonyl (C=O) groups excluding carboxylic acids is 1. The summed E-state index contributed by atoms with van der Waals surface area (Å²) in [5.74, 6) is 0.267. The van der Waals surface area contributed by atoms with E-state index >= 15 is 0 Å². The number of aliphatic hydroxyl groups is 1. The fraction of sp³-hybridized carbons (Fsp3) is 0.375. The summed E-state index contributed by atoms with van der Waals surface area (Å²) in [6.45, 7) is 5.01. The predicted octanol–water partition coefficient (Wildman–Crippen LogP) is 2.15. The number of aliphatic hydroxyl groups excluding tert-OH is 1. The molecule has 1 amide bonds. The largest absolute Gasteiger partial charge is 0.448 e. The SMILES string of the molecule is C\C(=C/C=C/C=C/Cc1cnco1)[C@@H](O)C(C)(C)C(N)=O. The van der Waals surface area contributed by atoms with Gasteiger partial charge in [0.1, 0.15) is 5.76 Å². The van der Waals surface area contributed by atoms with Crippen molar-refractivity contribution in [3.05, 3.63) is 54.3 Å². The van der Waals surface area contributed by atoms with Crippen LogP contribution in [0.25, 0.3) is 0 Å². The van der Waals surface area contributed by atoms with Gasteiger partial charge in [0, 0.05) is 6.42 Å². The molecule has 3 N–H and O–H groups in total. The van der Waals surface area contributed by atoms with E-state index in [-0.39, 0.29) is 0 Å². The Labute approximate surface area is 124 Å². The Bertz CT molecular complexity index is 540. The molecule has 1 heterocycles. The minimum Gasteiger partial charge on any atom is -0.448 e. The number of allylic oxidation sites excluding steroid dienone is 5. The fourth-order valence-corrected chi connectivity index (χ4v) is 1.67. The van der Waals surface area contributed by atoms with Gasteiger partial charge in [0.05, 0.1) is 17.7 Å². The van der Waals surface area contributed by atoms with Gasteiger partial charge in [0.15, 0.2) is 6.39 Å². The van der Waals surface area contributed by atoms with Crippen LogP contribution in [0.3, 0.4) is 0 Å². The zero-order valence-corrected chi connectivity index (χ0v) is 12.6. The van der Waals surface area contributed by atoms with Crippen molar-refractivity contribution in [2.75, 3.05) is 0 Å². The van der Waals surface area contributed by atoms with Crippen LogP contribution in [0.15, 0.2) is 53.0 Å².